The number of hydrogen-bond donors (Lipinski definition) is 3. The van der Waals surface area contributed by atoms with Gasteiger partial charge in [-0.25, -0.2) is 9.97 Å². The van der Waals surface area contributed by atoms with E-state index in [2.05, 4.69) is 37.9 Å². The van der Waals surface area contributed by atoms with Crippen molar-refractivity contribution in [1.29, 1.82) is 0 Å². The monoisotopic (exact) mass is 377 g/mol. The van der Waals surface area contributed by atoms with Crippen LogP contribution in [0, 0.1) is 29.3 Å². The minimum atomic E-state index is -0.455. The number of nitrogens with zero attached hydrogens (tertiary/aromatic N) is 2. The summed E-state index contributed by atoms with van der Waals surface area (Å²) in [5, 5.41) is 22.9. The minimum absolute atomic E-state index is 0.0608. The first-order chi connectivity index (χ1) is 8.93. The Labute approximate surface area is 127 Å². The highest BCUT2D eigenvalue weighted by atomic mass is 127. The maximum Gasteiger partial charge on any atom is 0.143 e. The van der Waals surface area contributed by atoms with E-state index in [-0.39, 0.29) is 24.5 Å². The Kier molecular flexibility index (Phi) is 4.62. The van der Waals surface area contributed by atoms with E-state index < -0.39 is 6.10 Å². The minimum Gasteiger partial charge on any atom is -0.396 e. The van der Waals surface area contributed by atoms with Gasteiger partial charge < -0.3 is 15.5 Å². The quantitative estimate of drug-likeness (QED) is 0.696. The maximum atomic E-state index is 10.2. The second-order valence-corrected chi connectivity index (χ2v) is 6.38. The van der Waals surface area contributed by atoms with Crippen LogP contribution >= 0.6 is 22.6 Å². The number of aliphatic hydroxyl groups is 2. The van der Waals surface area contributed by atoms with Gasteiger partial charge in [0.25, 0.3) is 0 Å². The molecule has 1 unspecified atom stereocenters. The number of rotatable bonds is 3. The Balaban J connectivity index is 2.18. The Morgan fingerprint density at radius 2 is 2.05 bits per heavy atom. The van der Waals surface area contributed by atoms with Crippen LogP contribution in [-0.2, 0) is 0 Å². The van der Waals surface area contributed by atoms with Crippen LogP contribution in [0.1, 0.15) is 24.9 Å². The Bertz CT molecular complexity index is 469. The molecule has 1 aliphatic rings. The molecule has 6 heteroatoms. The highest BCUT2D eigenvalue weighted by Gasteiger charge is 2.39. The van der Waals surface area contributed by atoms with Crippen molar-refractivity contribution in [2.75, 3.05) is 11.9 Å². The first kappa shape index (κ1) is 14.9. The molecule has 106 valence electrons. The zero-order chi connectivity index (χ0) is 14.2. The van der Waals surface area contributed by atoms with E-state index in [1.807, 2.05) is 20.8 Å². The van der Waals surface area contributed by atoms with Crippen LogP contribution in [0.3, 0.4) is 0 Å². The van der Waals surface area contributed by atoms with E-state index in [0.717, 1.165) is 27.3 Å². The van der Waals surface area contributed by atoms with Crippen molar-refractivity contribution in [2.45, 2.75) is 39.3 Å². The summed E-state index contributed by atoms with van der Waals surface area (Å²) in [6.07, 6.45) is 0.306. The predicted molar refractivity (Wildman–Crippen MR) is 82.0 cm³/mol. The normalized spacial score (nSPS) is 30.6. The smallest absolute Gasteiger partial charge is 0.143 e. The second-order valence-electron chi connectivity index (χ2n) is 5.30. The van der Waals surface area contributed by atoms with E-state index in [4.69, 9.17) is 0 Å². The van der Waals surface area contributed by atoms with E-state index in [1.165, 1.54) is 0 Å². The largest absolute Gasteiger partial charge is 0.396 e. The molecule has 0 radical (unpaired) electrons. The molecule has 19 heavy (non-hydrogen) atoms. The van der Waals surface area contributed by atoms with E-state index in [9.17, 15) is 10.2 Å². The fourth-order valence-corrected chi connectivity index (χ4v) is 3.08. The molecule has 0 saturated heterocycles. The SMILES string of the molecule is Cc1nc(C)c(I)c(N[C@@H]2CC(CO)[C@H](C)[C@H]2O)n1. The number of aromatic nitrogens is 2. The third kappa shape index (κ3) is 3.00. The molecule has 1 saturated carbocycles. The van der Waals surface area contributed by atoms with Crippen LogP contribution < -0.4 is 5.32 Å². The molecule has 0 bridgehead atoms. The van der Waals surface area contributed by atoms with Gasteiger partial charge in [0.05, 0.1) is 21.4 Å². The number of hydrogen-bond acceptors (Lipinski definition) is 5. The lowest BCUT2D eigenvalue weighted by Crippen LogP contribution is -2.32. The van der Waals surface area contributed by atoms with Gasteiger partial charge in [-0.1, -0.05) is 6.92 Å². The van der Waals surface area contributed by atoms with Crippen LogP contribution in [-0.4, -0.2) is 38.9 Å². The molecule has 1 fully saturated rings. The Hall–Kier alpha value is -0.470. The van der Waals surface area contributed by atoms with Crippen molar-refractivity contribution >= 4 is 28.4 Å². The zero-order valence-corrected chi connectivity index (χ0v) is 13.5. The topological polar surface area (TPSA) is 78.3 Å². The number of nitrogens with one attached hydrogen (secondary N) is 1. The van der Waals surface area contributed by atoms with Gasteiger partial charge in [-0.05, 0) is 54.7 Å². The molecule has 1 aromatic rings. The summed E-state index contributed by atoms with van der Waals surface area (Å²) in [5.41, 5.74) is 0.940. The summed E-state index contributed by atoms with van der Waals surface area (Å²) in [7, 11) is 0. The molecule has 0 amide bonds. The molecule has 5 nitrogen and oxygen atoms in total. The fraction of sp³-hybridized carbons (Fsp3) is 0.692. The molecule has 4 atom stereocenters. The number of anilines is 1. The van der Waals surface area contributed by atoms with Crippen molar-refractivity contribution in [3.8, 4) is 0 Å². The van der Waals surface area contributed by atoms with Gasteiger partial charge in [0.2, 0.25) is 0 Å². The van der Waals surface area contributed by atoms with Crippen LogP contribution in [0.25, 0.3) is 0 Å². The third-order valence-electron chi connectivity index (χ3n) is 3.94. The Morgan fingerprint density at radius 1 is 1.37 bits per heavy atom. The molecule has 0 spiro atoms. The van der Waals surface area contributed by atoms with E-state index in [1.54, 1.807) is 0 Å². The molecular formula is C13H20IN3O2. The lowest BCUT2D eigenvalue weighted by molar-refractivity contribution is 0.103. The van der Waals surface area contributed by atoms with Gasteiger partial charge in [-0.2, -0.15) is 0 Å². The average molecular weight is 377 g/mol. The van der Waals surface area contributed by atoms with E-state index in [0.29, 0.717) is 0 Å². The van der Waals surface area contributed by atoms with Gasteiger partial charge >= 0.3 is 0 Å². The zero-order valence-electron chi connectivity index (χ0n) is 11.4. The van der Waals surface area contributed by atoms with Crippen LogP contribution in [0.2, 0.25) is 0 Å². The number of aliphatic hydroxyl groups excluding tert-OH is 2. The summed E-state index contributed by atoms with van der Waals surface area (Å²) < 4.78 is 0.982. The molecule has 2 rings (SSSR count). The van der Waals surface area contributed by atoms with Gasteiger partial charge in [-0.3, -0.25) is 0 Å². The summed E-state index contributed by atoms with van der Waals surface area (Å²) in [6, 6.07) is -0.0608. The van der Waals surface area contributed by atoms with Crippen molar-refractivity contribution in [2.24, 2.45) is 11.8 Å². The van der Waals surface area contributed by atoms with Crippen LogP contribution in [0.5, 0.6) is 0 Å². The van der Waals surface area contributed by atoms with Crippen LogP contribution in [0.4, 0.5) is 5.82 Å². The van der Waals surface area contributed by atoms with Crippen molar-refractivity contribution in [3.63, 3.8) is 0 Å². The lowest BCUT2D eigenvalue weighted by atomic mass is 9.98. The highest BCUT2D eigenvalue weighted by Crippen LogP contribution is 2.34. The van der Waals surface area contributed by atoms with Crippen molar-refractivity contribution in [1.82, 2.24) is 9.97 Å². The van der Waals surface area contributed by atoms with Gasteiger partial charge in [-0.15, -0.1) is 0 Å². The maximum absolute atomic E-state index is 10.2. The molecule has 3 N–H and O–H groups in total. The van der Waals surface area contributed by atoms with E-state index >= 15 is 0 Å². The first-order valence-electron chi connectivity index (χ1n) is 6.50. The van der Waals surface area contributed by atoms with Gasteiger partial charge in [0.1, 0.15) is 11.6 Å². The number of halogens is 1. The fourth-order valence-electron chi connectivity index (χ4n) is 2.68. The summed E-state index contributed by atoms with van der Waals surface area (Å²) in [5.74, 6) is 1.75. The molecule has 0 aliphatic heterocycles. The standard InChI is InChI=1S/C13H20IN3O2/c1-6-9(5-18)4-10(12(6)19)17-13-11(14)7(2)15-8(3)16-13/h6,9-10,12,18-19H,4-5H2,1-3H3,(H,15,16,17)/t6-,9?,10+,12+/m0/s1. The molecule has 0 aromatic carbocycles. The highest BCUT2D eigenvalue weighted by molar-refractivity contribution is 14.1. The van der Waals surface area contributed by atoms with Crippen molar-refractivity contribution in [3.05, 3.63) is 15.1 Å². The van der Waals surface area contributed by atoms with Crippen LogP contribution in [0.15, 0.2) is 0 Å². The Morgan fingerprint density at radius 3 is 2.63 bits per heavy atom. The third-order valence-corrected chi connectivity index (χ3v) is 5.23. The molecule has 1 aliphatic carbocycles. The average Bonchev–Trinajstić information content (AvgIpc) is 2.63. The first-order valence-corrected chi connectivity index (χ1v) is 7.58. The van der Waals surface area contributed by atoms with Gasteiger partial charge in [0.15, 0.2) is 0 Å². The molecule has 1 aromatic heterocycles. The van der Waals surface area contributed by atoms with Gasteiger partial charge in [0, 0.05) is 6.61 Å². The molecular weight excluding hydrogens is 357 g/mol. The number of aryl methyl sites for hydroxylation is 2. The summed E-state index contributed by atoms with van der Waals surface area (Å²) in [6.45, 7) is 5.91. The summed E-state index contributed by atoms with van der Waals surface area (Å²) in [4.78, 5) is 8.72. The predicted octanol–water partition coefficient (Wildman–Crippen LogP) is 1.49. The summed E-state index contributed by atoms with van der Waals surface area (Å²) >= 11 is 2.22. The van der Waals surface area contributed by atoms with Crippen molar-refractivity contribution < 1.29 is 10.2 Å². The second kappa shape index (κ2) is 5.88. The molecule has 1 heterocycles. The lowest BCUT2D eigenvalue weighted by Gasteiger charge is -2.20.